The summed E-state index contributed by atoms with van der Waals surface area (Å²) >= 11 is 1.59. The second kappa shape index (κ2) is 22.1. The molecule has 2 heterocycles. The number of hydrogen-bond acceptors (Lipinski definition) is 11. The minimum atomic E-state index is -0.797. The second-order valence-corrected chi connectivity index (χ2v) is 19.3. The van der Waals surface area contributed by atoms with Crippen molar-refractivity contribution in [2.45, 2.75) is 137 Å². The molecule has 15 heteroatoms. The van der Waals surface area contributed by atoms with Crippen LogP contribution in [-0.4, -0.2) is 94.6 Å². The molecule has 0 saturated carbocycles. The number of nitrogens with zero attached hydrogens (tertiary/aromatic N) is 2. The zero-order valence-corrected chi connectivity index (χ0v) is 38.8. The molecular weight excluding hydrogens is 821 g/mol. The molecule has 14 nitrogen and oxygen atoms in total. The maximum atomic E-state index is 14.1. The van der Waals surface area contributed by atoms with Crippen molar-refractivity contribution >= 4 is 45.9 Å². The van der Waals surface area contributed by atoms with E-state index >= 15 is 0 Å². The van der Waals surface area contributed by atoms with Crippen LogP contribution in [0.5, 0.6) is 0 Å². The summed E-state index contributed by atoms with van der Waals surface area (Å²) in [5.74, 6) is -1.000. The number of benzene rings is 3. The summed E-state index contributed by atoms with van der Waals surface area (Å²) in [5.41, 5.74) is 11.2. The predicted molar refractivity (Wildman–Crippen MR) is 246 cm³/mol. The molecule has 5 atom stereocenters. The van der Waals surface area contributed by atoms with Crippen LogP contribution in [-0.2, 0) is 48.2 Å². The smallest absolute Gasteiger partial charge is 0.407 e. The van der Waals surface area contributed by atoms with Crippen molar-refractivity contribution in [1.82, 2.24) is 25.8 Å². The first-order chi connectivity index (χ1) is 29.8. The van der Waals surface area contributed by atoms with Crippen LogP contribution in [0.1, 0.15) is 96.5 Å². The number of aromatic nitrogens is 1. The summed E-state index contributed by atoms with van der Waals surface area (Å²) in [4.78, 5) is 58.5. The number of rotatable bonds is 20. The summed E-state index contributed by atoms with van der Waals surface area (Å²) < 4.78 is 17.6. The van der Waals surface area contributed by atoms with Gasteiger partial charge in [-0.05, 0) is 98.4 Å². The predicted octanol–water partition coefficient (Wildman–Crippen LogP) is 6.52. The average molecular weight is 887 g/mol. The van der Waals surface area contributed by atoms with Gasteiger partial charge in [-0.3, -0.25) is 19.7 Å². The quantitative estimate of drug-likeness (QED) is 0.0482. The van der Waals surface area contributed by atoms with Gasteiger partial charge in [0.25, 0.3) is 0 Å². The molecule has 5 rings (SSSR count). The second-order valence-electron chi connectivity index (χ2n) is 18.5. The molecule has 0 spiro atoms. The van der Waals surface area contributed by atoms with Crippen LogP contribution in [0.3, 0.4) is 0 Å². The van der Waals surface area contributed by atoms with Gasteiger partial charge < -0.3 is 40.6 Å². The van der Waals surface area contributed by atoms with E-state index in [1.165, 1.54) is 10.5 Å². The molecule has 1 saturated heterocycles. The zero-order valence-electron chi connectivity index (χ0n) is 38.0. The third kappa shape index (κ3) is 14.5. The van der Waals surface area contributed by atoms with E-state index in [1.54, 1.807) is 32.1 Å². The Hall–Kier alpha value is -4.93. The normalized spacial score (nSPS) is 17.0. The topological polar surface area (TPSA) is 194 Å². The van der Waals surface area contributed by atoms with E-state index in [9.17, 15) is 24.3 Å². The van der Waals surface area contributed by atoms with E-state index < -0.39 is 53.3 Å². The highest BCUT2D eigenvalue weighted by Crippen LogP contribution is 2.29. The molecule has 0 aliphatic carbocycles. The first-order valence-electron chi connectivity index (χ1n) is 21.8. The first kappa shape index (κ1) is 49.1. The number of β-amino-alcohol motifs (C(OH)–C–C–N with tert-alkyl or cyclic N) is 1. The van der Waals surface area contributed by atoms with Crippen molar-refractivity contribution in [3.63, 3.8) is 0 Å². The van der Waals surface area contributed by atoms with Gasteiger partial charge in [-0.2, -0.15) is 0 Å². The number of hydrogen-bond donors (Lipinski definition) is 5. The standard InChI is InChI=1S/C48H66N6O8S/c1-30-42(63-29-52-30)35-17-14-32(15-18-35)25-50-44(57)40-24-37(55)26-54(40)45(58)43(47(3,4)5)51-28-60-22-10-13-34-11-9-12-36-23-33(16-19-38(34)36)27-61-31(2)39(20-21-41(49)56)53-46(59)62-48(6,7)8/h9,11-12,14-19,23,29,31,37,39-40,43,51,55H,10,13,20-22,24-28H2,1-8H3,(H2,49,56)(H,50,57)(H,53,59)/t31-,37-,39+,40+,43-/m1/s1. The van der Waals surface area contributed by atoms with Gasteiger partial charge in [0.1, 0.15) is 11.6 Å². The number of amides is 4. The van der Waals surface area contributed by atoms with Crippen molar-refractivity contribution in [2.75, 3.05) is 19.9 Å². The van der Waals surface area contributed by atoms with Gasteiger partial charge in [-0.25, -0.2) is 9.78 Å². The van der Waals surface area contributed by atoms with Crippen LogP contribution < -0.4 is 21.7 Å². The number of nitrogens with one attached hydrogen (secondary N) is 3. The first-order valence-corrected chi connectivity index (χ1v) is 22.6. The molecule has 4 aromatic rings. The Balaban J connectivity index is 1.09. The SMILES string of the molecule is Cc1ncsc1-c1ccc(CNC(=O)[C@@H]2C[C@@H](O)CN2C(=O)[C@@H](NCOCCCc2cccc3cc(CO[C@H](C)[C@H](CCC(N)=O)NC(=O)OC(C)(C)C)ccc23)C(C)(C)C)cc1. The molecular formula is C48H66N6O8S. The minimum absolute atomic E-state index is 0.0831. The van der Waals surface area contributed by atoms with Gasteiger partial charge in [-0.15, -0.1) is 11.3 Å². The number of ether oxygens (including phenoxy) is 3. The fourth-order valence-electron chi connectivity index (χ4n) is 7.71. The Morgan fingerprint density at radius 3 is 2.41 bits per heavy atom. The van der Waals surface area contributed by atoms with Gasteiger partial charge in [-0.1, -0.05) is 75.4 Å². The zero-order chi connectivity index (χ0) is 45.9. The molecule has 1 aliphatic rings. The highest BCUT2D eigenvalue weighted by atomic mass is 32.1. The lowest BCUT2D eigenvalue weighted by Crippen LogP contribution is -2.56. The maximum absolute atomic E-state index is 14.1. The maximum Gasteiger partial charge on any atom is 0.407 e. The van der Waals surface area contributed by atoms with E-state index in [1.807, 2.05) is 76.5 Å². The monoisotopic (exact) mass is 886 g/mol. The van der Waals surface area contributed by atoms with Crippen molar-refractivity contribution in [3.05, 3.63) is 88.6 Å². The number of carbonyl (C=O) groups excluding carboxylic acids is 4. The van der Waals surface area contributed by atoms with Gasteiger partial charge in [0.05, 0.1) is 53.7 Å². The van der Waals surface area contributed by atoms with Crippen molar-refractivity contribution < 1.29 is 38.5 Å². The Morgan fingerprint density at radius 1 is 1.02 bits per heavy atom. The van der Waals surface area contributed by atoms with E-state index in [2.05, 4.69) is 45.2 Å². The molecule has 1 aliphatic heterocycles. The summed E-state index contributed by atoms with van der Waals surface area (Å²) in [6.45, 7) is 16.4. The number of likely N-dealkylation sites (tertiary alicyclic amines) is 1. The van der Waals surface area contributed by atoms with E-state index in [0.717, 1.165) is 50.9 Å². The number of aliphatic hydroxyl groups is 1. The number of aliphatic hydroxyl groups excluding tert-OH is 1. The summed E-state index contributed by atoms with van der Waals surface area (Å²) in [5, 5.41) is 21.9. The van der Waals surface area contributed by atoms with Gasteiger partial charge in [0.15, 0.2) is 0 Å². The number of alkyl carbamates (subject to hydrolysis) is 1. The fraction of sp³-hybridized carbons (Fsp3) is 0.521. The largest absolute Gasteiger partial charge is 0.444 e. The lowest BCUT2D eigenvalue weighted by molar-refractivity contribution is -0.142. The van der Waals surface area contributed by atoms with Crippen LogP contribution in [0.25, 0.3) is 21.2 Å². The number of fused-ring (bicyclic) bond motifs is 1. The number of nitrogens with two attached hydrogens (primary N) is 1. The highest BCUT2D eigenvalue weighted by Gasteiger charge is 2.43. The van der Waals surface area contributed by atoms with Gasteiger partial charge in [0.2, 0.25) is 17.7 Å². The molecule has 0 bridgehead atoms. The van der Waals surface area contributed by atoms with Crippen LogP contribution in [0, 0.1) is 12.3 Å². The third-order valence-corrected chi connectivity index (χ3v) is 12.0. The Kier molecular flexibility index (Phi) is 17.2. The van der Waals surface area contributed by atoms with Gasteiger partial charge >= 0.3 is 6.09 Å². The van der Waals surface area contributed by atoms with Crippen molar-refractivity contribution in [2.24, 2.45) is 11.1 Å². The average Bonchev–Trinajstić information content (AvgIpc) is 3.83. The molecule has 0 radical (unpaired) electrons. The number of primary amides is 1. The summed E-state index contributed by atoms with van der Waals surface area (Å²) in [7, 11) is 0. The van der Waals surface area contributed by atoms with Crippen LogP contribution >= 0.6 is 11.3 Å². The minimum Gasteiger partial charge on any atom is -0.444 e. The fourth-order valence-corrected chi connectivity index (χ4v) is 8.52. The summed E-state index contributed by atoms with van der Waals surface area (Å²) in [6, 6.07) is 18.5. The Labute approximate surface area is 375 Å². The molecule has 0 unspecified atom stereocenters. The molecule has 6 N–H and O–H groups in total. The highest BCUT2D eigenvalue weighted by molar-refractivity contribution is 7.13. The van der Waals surface area contributed by atoms with Crippen LogP contribution in [0.2, 0.25) is 0 Å². The number of carbonyl (C=O) groups is 4. The van der Waals surface area contributed by atoms with Crippen molar-refractivity contribution in [1.29, 1.82) is 0 Å². The lowest BCUT2D eigenvalue weighted by Gasteiger charge is -2.35. The summed E-state index contributed by atoms with van der Waals surface area (Å²) in [6.07, 6.45) is 0.338. The van der Waals surface area contributed by atoms with E-state index in [4.69, 9.17) is 19.9 Å². The number of thiazole rings is 1. The molecule has 63 heavy (non-hydrogen) atoms. The molecule has 3 aromatic carbocycles. The van der Waals surface area contributed by atoms with Crippen LogP contribution in [0.15, 0.2) is 66.2 Å². The molecule has 1 fully saturated rings. The van der Waals surface area contributed by atoms with Crippen molar-refractivity contribution in [3.8, 4) is 10.4 Å². The third-order valence-electron chi connectivity index (χ3n) is 11.0. The Bertz CT molecular complexity index is 2160. The Morgan fingerprint density at radius 2 is 1.75 bits per heavy atom. The van der Waals surface area contributed by atoms with Crippen LogP contribution in [0.4, 0.5) is 4.79 Å². The molecule has 1 aromatic heterocycles. The lowest BCUT2D eigenvalue weighted by atomic mass is 9.85. The van der Waals surface area contributed by atoms with E-state index in [0.29, 0.717) is 26.2 Å². The molecule has 342 valence electrons. The molecule has 4 amide bonds. The van der Waals surface area contributed by atoms with Gasteiger partial charge in [0, 0.05) is 32.5 Å². The van der Waals surface area contributed by atoms with E-state index in [-0.39, 0.29) is 37.9 Å². The number of aryl methyl sites for hydroxylation is 2.